The number of fused-ring (bicyclic) bond motifs is 1. The van der Waals surface area contributed by atoms with Gasteiger partial charge >= 0.3 is 0 Å². The molecule has 1 aromatic rings. The topological polar surface area (TPSA) is 71.8 Å². The van der Waals surface area contributed by atoms with Gasteiger partial charge in [-0.15, -0.1) is 0 Å². The highest BCUT2D eigenvalue weighted by atomic mass is 16.5. The molecule has 6 heteroatoms. The number of hydrogen-bond donors (Lipinski definition) is 0. The molecule has 2 atom stereocenters. The lowest BCUT2D eigenvalue weighted by Gasteiger charge is -2.43. The molecule has 3 rings (SSSR count). The number of ether oxygens (including phenoxy) is 3. The molecule has 2 fully saturated rings. The Bertz CT molecular complexity index is 638. The predicted octanol–water partition coefficient (Wildman–Crippen LogP) is 2.12. The highest BCUT2D eigenvalue weighted by Crippen LogP contribution is 2.30. The summed E-state index contributed by atoms with van der Waals surface area (Å²) >= 11 is 0. The van der Waals surface area contributed by atoms with Crippen molar-refractivity contribution < 1.29 is 19.0 Å². The molecule has 1 amide bonds. The van der Waals surface area contributed by atoms with Gasteiger partial charge < -0.3 is 19.1 Å². The third kappa shape index (κ3) is 3.46. The van der Waals surface area contributed by atoms with E-state index < -0.39 is 0 Å². The van der Waals surface area contributed by atoms with Crippen molar-refractivity contribution >= 4 is 5.91 Å². The molecule has 0 N–H and O–H groups in total. The number of methoxy groups -OCH3 is 1. The van der Waals surface area contributed by atoms with Crippen LogP contribution in [-0.2, 0) is 9.53 Å². The smallest absolute Gasteiger partial charge is 0.260 e. The predicted molar refractivity (Wildman–Crippen MR) is 86.9 cm³/mol. The van der Waals surface area contributed by atoms with Crippen LogP contribution in [0.25, 0.3) is 0 Å². The average molecular weight is 330 g/mol. The molecule has 6 nitrogen and oxygen atoms in total. The standard InChI is InChI=1S/C18H22N2O4/c1-22-17-10-13(11-19)6-7-16(17)24-12-18(21)20-8-9-23-15-5-3-2-4-14(15)20/h6-7,10,14-15H,2-5,8-9,12H2,1H3. The number of nitriles is 1. The summed E-state index contributed by atoms with van der Waals surface area (Å²) in [5.74, 6) is 0.902. The second-order valence-corrected chi connectivity index (χ2v) is 6.11. The number of carbonyl (C=O) groups excluding carboxylic acids is 1. The first kappa shape index (κ1) is 16.6. The van der Waals surface area contributed by atoms with Crippen LogP contribution in [-0.4, -0.2) is 49.8 Å². The van der Waals surface area contributed by atoms with E-state index in [-0.39, 0.29) is 24.7 Å². The van der Waals surface area contributed by atoms with Gasteiger partial charge in [-0.1, -0.05) is 12.8 Å². The summed E-state index contributed by atoms with van der Waals surface area (Å²) in [6.07, 6.45) is 4.50. The Morgan fingerprint density at radius 2 is 2.21 bits per heavy atom. The van der Waals surface area contributed by atoms with Gasteiger partial charge in [-0.3, -0.25) is 4.79 Å². The second-order valence-electron chi connectivity index (χ2n) is 6.11. The van der Waals surface area contributed by atoms with E-state index in [9.17, 15) is 4.79 Å². The van der Waals surface area contributed by atoms with Crippen LogP contribution in [0.1, 0.15) is 31.2 Å². The molecule has 0 bridgehead atoms. The average Bonchev–Trinajstić information content (AvgIpc) is 2.65. The number of hydrogen-bond acceptors (Lipinski definition) is 5. The molecule has 128 valence electrons. The van der Waals surface area contributed by atoms with E-state index in [1.165, 1.54) is 13.5 Å². The van der Waals surface area contributed by atoms with Crippen LogP contribution in [0.2, 0.25) is 0 Å². The van der Waals surface area contributed by atoms with Crippen molar-refractivity contribution in [3.63, 3.8) is 0 Å². The summed E-state index contributed by atoms with van der Waals surface area (Å²) in [7, 11) is 1.51. The number of benzene rings is 1. The fraction of sp³-hybridized carbons (Fsp3) is 0.556. The van der Waals surface area contributed by atoms with E-state index >= 15 is 0 Å². The van der Waals surface area contributed by atoms with Crippen LogP contribution in [0.3, 0.4) is 0 Å². The third-order valence-electron chi connectivity index (χ3n) is 4.70. The van der Waals surface area contributed by atoms with Crippen molar-refractivity contribution in [1.29, 1.82) is 5.26 Å². The molecule has 0 aromatic heterocycles. The zero-order valence-electron chi connectivity index (χ0n) is 13.9. The van der Waals surface area contributed by atoms with Crippen LogP contribution < -0.4 is 9.47 Å². The van der Waals surface area contributed by atoms with E-state index in [1.807, 2.05) is 4.90 Å². The molecule has 1 aliphatic carbocycles. The minimum atomic E-state index is -0.0362. The van der Waals surface area contributed by atoms with Gasteiger partial charge in [0.15, 0.2) is 18.1 Å². The Kier molecular flexibility index (Phi) is 5.21. The van der Waals surface area contributed by atoms with E-state index in [0.29, 0.717) is 30.2 Å². The summed E-state index contributed by atoms with van der Waals surface area (Å²) < 4.78 is 16.7. The van der Waals surface area contributed by atoms with Gasteiger partial charge in [0.1, 0.15) is 0 Å². The van der Waals surface area contributed by atoms with Crippen LogP contribution in [0.4, 0.5) is 0 Å². The monoisotopic (exact) mass is 330 g/mol. The zero-order valence-corrected chi connectivity index (χ0v) is 13.9. The first-order valence-corrected chi connectivity index (χ1v) is 8.35. The van der Waals surface area contributed by atoms with Crippen molar-refractivity contribution in [1.82, 2.24) is 4.90 Å². The first-order valence-electron chi connectivity index (χ1n) is 8.35. The fourth-order valence-corrected chi connectivity index (χ4v) is 3.48. The van der Waals surface area contributed by atoms with E-state index in [4.69, 9.17) is 19.5 Å². The van der Waals surface area contributed by atoms with Gasteiger partial charge in [0.2, 0.25) is 0 Å². The van der Waals surface area contributed by atoms with Gasteiger partial charge in [-0.05, 0) is 25.0 Å². The van der Waals surface area contributed by atoms with E-state index in [2.05, 4.69) is 6.07 Å². The van der Waals surface area contributed by atoms with Crippen LogP contribution in [0, 0.1) is 11.3 Å². The highest BCUT2D eigenvalue weighted by Gasteiger charge is 2.36. The molecule has 0 radical (unpaired) electrons. The lowest BCUT2D eigenvalue weighted by atomic mass is 9.90. The van der Waals surface area contributed by atoms with Crippen LogP contribution >= 0.6 is 0 Å². The Labute approximate surface area is 141 Å². The lowest BCUT2D eigenvalue weighted by molar-refractivity contribution is -0.151. The third-order valence-corrected chi connectivity index (χ3v) is 4.70. The van der Waals surface area contributed by atoms with Crippen molar-refractivity contribution in [3.8, 4) is 17.6 Å². The summed E-state index contributed by atoms with van der Waals surface area (Å²) in [6, 6.07) is 7.13. The van der Waals surface area contributed by atoms with Gasteiger partial charge in [-0.25, -0.2) is 0 Å². The summed E-state index contributed by atoms with van der Waals surface area (Å²) in [6.45, 7) is 1.17. The Hall–Kier alpha value is -2.26. The molecule has 1 aliphatic heterocycles. The Balaban J connectivity index is 1.64. The number of nitrogens with zero attached hydrogens (tertiary/aromatic N) is 2. The summed E-state index contributed by atoms with van der Waals surface area (Å²) in [4.78, 5) is 14.5. The quantitative estimate of drug-likeness (QED) is 0.845. The van der Waals surface area contributed by atoms with Gasteiger partial charge in [0.05, 0.1) is 37.5 Å². The second kappa shape index (κ2) is 7.54. The largest absolute Gasteiger partial charge is 0.493 e. The maximum Gasteiger partial charge on any atom is 0.260 e. The highest BCUT2D eigenvalue weighted by molar-refractivity contribution is 5.78. The molecular weight excluding hydrogens is 308 g/mol. The number of rotatable bonds is 4. The molecule has 1 saturated carbocycles. The van der Waals surface area contributed by atoms with Crippen molar-refractivity contribution in [2.24, 2.45) is 0 Å². The number of morpholine rings is 1. The maximum absolute atomic E-state index is 12.6. The zero-order chi connectivity index (χ0) is 16.9. The molecular formula is C18H22N2O4. The van der Waals surface area contributed by atoms with E-state index in [1.54, 1.807) is 18.2 Å². The van der Waals surface area contributed by atoms with Crippen molar-refractivity contribution in [2.75, 3.05) is 26.9 Å². The number of carbonyl (C=O) groups is 1. The molecule has 1 aromatic carbocycles. The van der Waals surface area contributed by atoms with Gasteiger partial charge in [0.25, 0.3) is 5.91 Å². The molecule has 2 aliphatic rings. The molecule has 1 saturated heterocycles. The lowest BCUT2D eigenvalue weighted by Crippen LogP contribution is -2.55. The molecule has 0 spiro atoms. The molecule has 2 unspecified atom stereocenters. The summed E-state index contributed by atoms with van der Waals surface area (Å²) in [5.41, 5.74) is 0.490. The minimum absolute atomic E-state index is 0.0263. The number of amides is 1. The Morgan fingerprint density at radius 1 is 1.38 bits per heavy atom. The normalized spacial score (nSPS) is 23.1. The first-order chi connectivity index (χ1) is 11.7. The Morgan fingerprint density at radius 3 is 3.00 bits per heavy atom. The minimum Gasteiger partial charge on any atom is -0.493 e. The SMILES string of the molecule is COc1cc(C#N)ccc1OCC(=O)N1CCOC2CCCCC21. The summed E-state index contributed by atoms with van der Waals surface area (Å²) in [5, 5.41) is 8.93. The van der Waals surface area contributed by atoms with Gasteiger partial charge in [0, 0.05) is 12.6 Å². The van der Waals surface area contributed by atoms with Crippen LogP contribution in [0.5, 0.6) is 11.5 Å². The van der Waals surface area contributed by atoms with Crippen LogP contribution in [0.15, 0.2) is 18.2 Å². The van der Waals surface area contributed by atoms with E-state index in [0.717, 1.165) is 19.3 Å². The fourth-order valence-electron chi connectivity index (χ4n) is 3.48. The molecule has 24 heavy (non-hydrogen) atoms. The van der Waals surface area contributed by atoms with Gasteiger partial charge in [-0.2, -0.15) is 5.26 Å². The maximum atomic E-state index is 12.6. The molecule has 1 heterocycles. The van der Waals surface area contributed by atoms with Crippen molar-refractivity contribution in [3.05, 3.63) is 23.8 Å². The van der Waals surface area contributed by atoms with Crippen molar-refractivity contribution in [2.45, 2.75) is 37.8 Å².